The molecule has 24 heavy (non-hydrogen) atoms. The predicted octanol–water partition coefficient (Wildman–Crippen LogP) is 3.56. The van der Waals surface area contributed by atoms with Crippen LogP contribution in [0.4, 0.5) is 15.8 Å². The summed E-state index contributed by atoms with van der Waals surface area (Å²) in [7, 11) is 0. The maximum absolute atomic E-state index is 12.9. The summed E-state index contributed by atoms with van der Waals surface area (Å²) in [6, 6.07) is 9.91. The second-order valence-electron chi connectivity index (χ2n) is 4.74. The van der Waals surface area contributed by atoms with Crippen molar-refractivity contribution in [2.75, 3.05) is 10.8 Å². The van der Waals surface area contributed by atoms with Gasteiger partial charge in [0.1, 0.15) is 5.82 Å². The van der Waals surface area contributed by atoms with E-state index in [4.69, 9.17) is 4.42 Å². The van der Waals surface area contributed by atoms with Gasteiger partial charge in [-0.2, -0.15) is 0 Å². The minimum absolute atomic E-state index is 0.0886. The fourth-order valence-corrected chi connectivity index (χ4v) is 2.74. The molecule has 3 aromatic rings. The van der Waals surface area contributed by atoms with Crippen LogP contribution in [0.15, 0.2) is 57.1 Å². The van der Waals surface area contributed by atoms with E-state index in [1.165, 1.54) is 41.7 Å². The average Bonchev–Trinajstić information content (AvgIpc) is 3.10. The highest BCUT2D eigenvalue weighted by Crippen LogP contribution is 2.27. The number of halogens is 1. The van der Waals surface area contributed by atoms with Crippen molar-refractivity contribution < 1.29 is 18.8 Å². The summed E-state index contributed by atoms with van der Waals surface area (Å²) >= 11 is 1.34. The normalized spacial score (nSPS) is 10.4. The van der Waals surface area contributed by atoms with Crippen LogP contribution in [0.2, 0.25) is 0 Å². The number of hydrogen-bond acceptors (Lipinski definition) is 6. The van der Waals surface area contributed by atoms with Gasteiger partial charge in [0.2, 0.25) is 0 Å². The number of nitrogens with one attached hydrogen (secondary N) is 2. The molecular weight excluding hydrogens is 335 g/mol. The summed E-state index contributed by atoms with van der Waals surface area (Å²) in [6.07, 6.45) is 0. The van der Waals surface area contributed by atoms with Crippen LogP contribution in [0.25, 0.3) is 10.6 Å². The smallest absolute Gasteiger partial charge is 0.351 e. The number of thiophene rings is 1. The van der Waals surface area contributed by atoms with E-state index in [0.29, 0.717) is 10.6 Å². The van der Waals surface area contributed by atoms with Crippen LogP contribution in [0, 0.1) is 5.82 Å². The Labute approximate surface area is 139 Å². The lowest BCUT2D eigenvalue weighted by molar-refractivity contribution is 0.102. The number of hydrogen-bond donors (Lipinski definition) is 3. The summed E-state index contributed by atoms with van der Waals surface area (Å²) in [5.41, 5.74) is 0.755. The molecule has 1 amide bonds. The van der Waals surface area contributed by atoms with Gasteiger partial charge in [0.25, 0.3) is 5.91 Å². The number of anilines is 2. The van der Waals surface area contributed by atoms with Gasteiger partial charge in [0.05, 0.1) is 10.6 Å². The molecule has 0 fully saturated rings. The largest absolute Gasteiger partial charge is 0.421 e. The number of carbonyl (C=O) groups excluding carboxylic acids is 1. The maximum atomic E-state index is 12.9. The Morgan fingerprint density at radius 3 is 2.58 bits per heavy atom. The van der Waals surface area contributed by atoms with Crippen LogP contribution >= 0.6 is 11.3 Å². The molecule has 6 nitrogen and oxygen atoms in total. The van der Waals surface area contributed by atoms with Crippen molar-refractivity contribution in [1.29, 1.82) is 0 Å². The summed E-state index contributed by atoms with van der Waals surface area (Å²) in [6.45, 7) is 0. The first-order valence-electron chi connectivity index (χ1n) is 6.77. The summed E-state index contributed by atoms with van der Waals surface area (Å²) < 4.78 is 18.0. The zero-order chi connectivity index (χ0) is 17.1. The molecule has 0 aliphatic carbocycles. The quantitative estimate of drug-likeness (QED) is 0.628. The molecule has 1 aromatic carbocycles. The van der Waals surface area contributed by atoms with E-state index >= 15 is 0 Å². The van der Waals surface area contributed by atoms with Gasteiger partial charge < -0.3 is 9.73 Å². The van der Waals surface area contributed by atoms with Crippen molar-refractivity contribution in [2.24, 2.45) is 0 Å². The van der Waals surface area contributed by atoms with Gasteiger partial charge in [0, 0.05) is 11.8 Å². The van der Waals surface area contributed by atoms with Crippen LogP contribution in [-0.4, -0.2) is 11.1 Å². The molecule has 2 heterocycles. The number of carbonyl (C=O) groups is 1. The molecule has 0 saturated carbocycles. The van der Waals surface area contributed by atoms with Crippen molar-refractivity contribution in [3.05, 3.63) is 69.6 Å². The van der Waals surface area contributed by atoms with Gasteiger partial charge in [-0.25, -0.2) is 9.18 Å². The predicted molar refractivity (Wildman–Crippen MR) is 88.1 cm³/mol. The van der Waals surface area contributed by atoms with E-state index in [-0.39, 0.29) is 17.0 Å². The lowest BCUT2D eigenvalue weighted by atomic mass is 10.2. The zero-order valence-corrected chi connectivity index (χ0v) is 12.9. The first kappa shape index (κ1) is 15.9. The van der Waals surface area contributed by atoms with Crippen molar-refractivity contribution in [1.82, 2.24) is 0 Å². The SMILES string of the molecule is O=C(Nc1ccc(F)cc1)c1c(NO)cc(-c2cccs2)oc1=O. The molecule has 3 N–H and O–H groups in total. The van der Waals surface area contributed by atoms with Crippen molar-refractivity contribution in [2.45, 2.75) is 0 Å². The molecule has 122 valence electrons. The molecule has 0 atom stereocenters. The molecule has 0 saturated heterocycles. The highest BCUT2D eigenvalue weighted by atomic mass is 32.1. The second kappa shape index (κ2) is 6.65. The van der Waals surface area contributed by atoms with Gasteiger partial charge in [-0.05, 0) is 35.7 Å². The molecule has 8 heteroatoms. The molecule has 2 aromatic heterocycles. The van der Waals surface area contributed by atoms with Crippen molar-refractivity contribution >= 4 is 28.6 Å². The van der Waals surface area contributed by atoms with Gasteiger partial charge >= 0.3 is 5.63 Å². The minimum atomic E-state index is -0.905. The van der Waals surface area contributed by atoms with E-state index in [1.54, 1.807) is 17.5 Å². The van der Waals surface area contributed by atoms with Gasteiger partial charge in [-0.15, -0.1) is 11.3 Å². The Morgan fingerprint density at radius 1 is 1.21 bits per heavy atom. The highest BCUT2D eigenvalue weighted by Gasteiger charge is 2.20. The van der Waals surface area contributed by atoms with Gasteiger partial charge in [-0.1, -0.05) is 6.07 Å². The molecule has 0 radical (unpaired) electrons. The van der Waals surface area contributed by atoms with Gasteiger partial charge in [0.15, 0.2) is 11.3 Å². The van der Waals surface area contributed by atoms with E-state index in [2.05, 4.69) is 5.32 Å². The molecule has 0 bridgehead atoms. The fraction of sp³-hybridized carbons (Fsp3) is 0. The Hall–Kier alpha value is -2.97. The molecule has 0 aliphatic heterocycles. The second-order valence-corrected chi connectivity index (χ2v) is 5.68. The minimum Gasteiger partial charge on any atom is -0.421 e. The first-order chi connectivity index (χ1) is 11.6. The monoisotopic (exact) mass is 346 g/mol. The average molecular weight is 346 g/mol. The Balaban J connectivity index is 1.96. The fourth-order valence-electron chi connectivity index (χ4n) is 2.06. The van der Waals surface area contributed by atoms with Crippen LogP contribution in [0.5, 0.6) is 0 Å². The van der Waals surface area contributed by atoms with E-state index in [9.17, 15) is 19.2 Å². The molecular formula is C16H11FN2O4S. The molecule has 0 spiro atoms. The zero-order valence-electron chi connectivity index (χ0n) is 12.1. The Bertz CT molecular complexity index is 920. The molecule has 3 rings (SSSR count). The van der Waals surface area contributed by atoms with Crippen LogP contribution in [0.1, 0.15) is 10.4 Å². The Morgan fingerprint density at radius 2 is 1.96 bits per heavy atom. The third kappa shape index (κ3) is 3.19. The third-order valence-corrected chi connectivity index (χ3v) is 4.05. The lowest BCUT2D eigenvalue weighted by Gasteiger charge is -2.09. The molecule has 0 unspecified atom stereocenters. The Kier molecular flexibility index (Phi) is 4.41. The van der Waals surface area contributed by atoms with E-state index in [0.717, 1.165) is 0 Å². The summed E-state index contributed by atoms with van der Waals surface area (Å²) in [5, 5.41) is 13.5. The van der Waals surface area contributed by atoms with Crippen molar-refractivity contribution in [3.63, 3.8) is 0 Å². The summed E-state index contributed by atoms with van der Waals surface area (Å²) in [4.78, 5) is 25.1. The number of amides is 1. The van der Waals surface area contributed by atoms with Gasteiger partial charge in [-0.3, -0.25) is 15.5 Å². The van der Waals surface area contributed by atoms with Crippen LogP contribution in [0.3, 0.4) is 0 Å². The molecule has 0 aliphatic rings. The van der Waals surface area contributed by atoms with E-state index in [1.807, 2.05) is 5.48 Å². The van der Waals surface area contributed by atoms with E-state index < -0.39 is 17.3 Å². The maximum Gasteiger partial charge on any atom is 0.351 e. The standard InChI is InChI=1S/C16H11FN2O4S/c17-9-3-5-10(6-4-9)18-15(20)14-11(19-22)8-12(23-16(14)21)13-2-1-7-24-13/h1-8,19,22H,(H,18,20). The lowest BCUT2D eigenvalue weighted by Crippen LogP contribution is -2.23. The topological polar surface area (TPSA) is 91.6 Å². The summed E-state index contributed by atoms with van der Waals surface area (Å²) in [5.74, 6) is -1.01. The number of benzene rings is 1. The number of rotatable bonds is 4. The van der Waals surface area contributed by atoms with Crippen LogP contribution < -0.4 is 16.4 Å². The highest BCUT2D eigenvalue weighted by molar-refractivity contribution is 7.13. The first-order valence-corrected chi connectivity index (χ1v) is 7.65. The van der Waals surface area contributed by atoms with Crippen molar-refractivity contribution in [3.8, 4) is 10.6 Å². The third-order valence-electron chi connectivity index (χ3n) is 3.17. The van der Waals surface area contributed by atoms with Crippen LogP contribution in [-0.2, 0) is 0 Å².